The Morgan fingerprint density at radius 3 is 1.60 bits per heavy atom. The monoisotopic (exact) mass is 246 g/mol. The summed E-state index contributed by atoms with van der Waals surface area (Å²) < 4.78 is 0. The molecule has 9 heteroatoms. The Bertz CT molecular complexity index is 370. The summed E-state index contributed by atoms with van der Waals surface area (Å²) in [5.41, 5.74) is 0. The fraction of sp³-hybridized carbons (Fsp3) is 1.00. The van der Waals surface area contributed by atoms with Crippen LogP contribution in [0.5, 0.6) is 0 Å². The zero-order chi connectivity index (χ0) is 5.30. The van der Waals surface area contributed by atoms with Gasteiger partial charge in [-0.15, -0.1) is 0 Å². The van der Waals surface area contributed by atoms with Crippen molar-refractivity contribution in [1.82, 2.24) is 0 Å². The molecular formula is CH3Li2P7. The van der Waals surface area contributed by atoms with Crippen molar-refractivity contribution in [2.24, 2.45) is 6.66 Å². The van der Waals surface area contributed by atoms with Crippen LogP contribution in [0.3, 0.4) is 0 Å². The van der Waals surface area contributed by atoms with E-state index in [9.17, 15) is 0 Å². The van der Waals surface area contributed by atoms with Crippen LogP contribution in [0.15, 0.2) is 0 Å². The SMILES string of the molecule is Cp1p2[p-]p3p([p-]2)p13.[Li+].[Li+]. The van der Waals surface area contributed by atoms with E-state index in [-0.39, 0.29) is 37.7 Å². The van der Waals surface area contributed by atoms with Crippen molar-refractivity contribution < 1.29 is 37.7 Å². The van der Waals surface area contributed by atoms with Gasteiger partial charge in [-0.05, 0) is 0 Å². The van der Waals surface area contributed by atoms with Crippen molar-refractivity contribution in [2.75, 3.05) is 0 Å². The number of rotatable bonds is 0. The van der Waals surface area contributed by atoms with Gasteiger partial charge in [-0.2, -0.15) is 0 Å². The summed E-state index contributed by atoms with van der Waals surface area (Å²) in [4.78, 5) is 0. The van der Waals surface area contributed by atoms with Gasteiger partial charge in [-0.1, -0.05) is 6.66 Å². The minimum absolute atomic E-state index is 0. The van der Waals surface area contributed by atoms with Crippen molar-refractivity contribution in [3.8, 4) is 0 Å². The molecule has 4 heterocycles. The zero-order valence-corrected chi connectivity index (χ0v) is 12.4. The van der Waals surface area contributed by atoms with Gasteiger partial charge >= 0.3 is 37.7 Å². The minimum Gasteiger partial charge on any atom is -0.303 e. The van der Waals surface area contributed by atoms with E-state index in [4.69, 9.17) is 0 Å². The first-order valence-corrected chi connectivity index (χ1v) is 17.5. The molecule has 0 N–H and O–H groups in total. The van der Waals surface area contributed by atoms with Crippen molar-refractivity contribution in [1.29, 1.82) is 0 Å². The number of hydrogen-bond donors (Lipinski definition) is 0. The second-order valence-corrected chi connectivity index (χ2v) is 39.8. The zero-order valence-electron chi connectivity index (χ0n) is 6.13. The molecule has 3 unspecified atom stereocenters. The van der Waals surface area contributed by atoms with Gasteiger partial charge in [0.15, 0.2) is 0 Å². The second kappa shape index (κ2) is 3.81. The fourth-order valence-electron chi connectivity index (χ4n) is 0.830. The van der Waals surface area contributed by atoms with Gasteiger partial charge in [-0.3, -0.25) is 26.0 Å². The minimum atomic E-state index is 0. The fourth-order valence-corrected chi connectivity index (χ4v) is 163. The number of hydrogen-bond acceptors (Lipinski definition) is 0. The summed E-state index contributed by atoms with van der Waals surface area (Å²) in [6.45, 7) is 3.32. The molecule has 0 aliphatic carbocycles. The summed E-state index contributed by atoms with van der Waals surface area (Å²) in [7, 11) is 4.07. The van der Waals surface area contributed by atoms with Crippen LogP contribution < -0.4 is 37.7 Å². The van der Waals surface area contributed by atoms with E-state index in [1.807, 2.05) is 15.1 Å². The van der Waals surface area contributed by atoms with Gasteiger partial charge < -0.3 is 13.9 Å². The van der Waals surface area contributed by atoms with Crippen molar-refractivity contribution in [3.05, 3.63) is 0 Å². The van der Waals surface area contributed by atoms with E-state index in [0.717, 1.165) is 26.0 Å². The maximum absolute atomic E-state index is 2.60. The van der Waals surface area contributed by atoms with Crippen LogP contribution in [0.1, 0.15) is 0 Å². The Morgan fingerprint density at radius 2 is 1.50 bits per heavy atom. The van der Waals surface area contributed by atoms with Crippen LogP contribution in [-0.2, 0) is 6.66 Å². The van der Waals surface area contributed by atoms with Crippen LogP contribution in [0, 0.1) is 0 Å². The van der Waals surface area contributed by atoms with Gasteiger partial charge in [0.25, 0.3) is 0 Å². The van der Waals surface area contributed by atoms with Gasteiger partial charge in [0.2, 0.25) is 0 Å². The summed E-state index contributed by atoms with van der Waals surface area (Å²) in [5, 5.41) is 0. The molecule has 0 saturated heterocycles. The molecule has 0 saturated carbocycles. The molecule has 4 aromatic heterocycles. The van der Waals surface area contributed by atoms with E-state index < -0.39 is 0 Å². The van der Waals surface area contributed by atoms with Crippen molar-refractivity contribution in [2.45, 2.75) is 0 Å². The van der Waals surface area contributed by atoms with Crippen molar-refractivity contribution in [3.63, 3.8) is 0 Å². The largest absolute Gasteiger partial charge is 1.00 e. The maximum atomic E-state index is 2.60. The molecule has 0 spiro atoms. The quantitative estimate of drug-likeness (QED) is 0.499. The van der Waals surface area contributed by atoms with Crippen LogP contribution in [-0.4, -0.2) is 0 Å². The molecule has 3 atom stereocenters. The third kappa shape index (κ3) is 1.39. The van der Waals surface area contributed by atoms with Crippen molar-refractivity contribution >= 4 is 47.5 Å². The summed E-state index contributed by atoms with van der Waals surface area (Å²) >= 11 is 0. The molecule has 0 aliphatic rings. The molecule has 44 valence electrons. The molecule has 4 bridgehead atoms. The molecule has 0 aliphatic heterocycles. The Labute approximate surface area is 91.0 Å². The first-order valence-electron chi connectivity index (χ1n) is 2.25. The predicted octanol–water partition coefficient (Wildman–Crippen LogP) is 0.261. The molecule has 0 amide bonds. The van der Waals surface area contributed by atoms with Gasteiger partial charge in [0.05, 0.1) is 0 Å². The summed E-state index contributed by atoms with van der Waals surface area (Å²) in [5.74, 6) is 0. The van der Waals surface area contributed by atoms with Crippen LogP contribution in [0.4, 0.5) is 0 Å². The van der Waals surface area contributed by atoms with Crippen LogP contribution >= 0.6 is 47.5 Å². The molecule has 0 aromatic carbocycles. The smallest absolute Gasteiger partial charge is 0.303 e. The van der Waals surface area contributed by atoms with Gasteiger partial charge in [-0.25, -0.2) is 7.55 Å². The molecule has 4 aromatic rings. The molecular weight excluding hydrogens is 243 g/mol. The van der Waals surface area contributed by atoms with E-state index >= 15 is 0 Å². The first-order chi connectivity index (χ1) is 3.88. The Hall–Kier alpha value is 3.29. The standard InChI is InChI=1S/CH3P7.2Li/c1-4-5-2-6-7(3-5)8(4)6;;/h1H3;;/q-2;2*+1. The van der Waals surface area contributed by atoms with Gasteiger partial charge in [0, 0.05) is 0 Å². The molecule has 0 fully saturated rings. The molecule has 4 rings (SSSR count). The van der Waals surface area contributed by atoms with Crippen LogP contribution in [0.2, 0.25) is 0 Å². The Kier molecular flexibility index (Phi) is 4.33. The van der Waals surface area contributed by atoms with E-state index in [2.05, 4.69) is 6.66 Å². The topological polar surface area (TPSA) is 0 Å². The third-order valence-corrected chi connectivity index (χ3v) is 80.1. The van der Waals surface area contributed by atoms with E-state index in [1.165, 1.54) is 0 Å². The second-order valence-electron chi connectivity index (χ2n) is 1.74. The first kappa shape index (κ1) is 11.4. The Balaban J connectivity index is 0.000000250. The van der Waals surface area contributed by atoms with E-state index in [0.29, 0.717) is 6.37 Å². The molecule has 0 nitrogen and oxygen atoms in total. The predicted molar refractivity (Wildman–Crippen MR) is 54.0 cm³/mol. The average Bonchev–Trinajstić information content (AvgIpc) is 2.23. The Morgan fingerprint density at radius 1 is 1.00 bits per heavy atom. The maximum Gasteiger partial charge on any atom is 1.00 e. The molecule has 0 radical (unpaired) electrons. The summed E-state index contributed by atoms with van der Waals surface area (Å²) in [6, 6.07) is 0. The molecule has 10 heavy (non-hydrogen) atoms. The normalized spacial score (nSPS) is 21.5. The van der Waals surface area contributed by atoms with Crippen LogP contribution in [0.25, 0.3) is 0 Å². The number of aryl methyl sites for hydroxylation is 1. The average molecular weight is 246 g/mol. The van der Waals surface area contributed by atoms with Gasteiger partial charge in [0.1, 0.15) is 0 Å². The van der Waals surface area contributed by atoms with E-state index in [1.54, 1.807) is 0 Å². The summed E-state index contributed by atoms with van der Waals surface area (Å²) in [6.07, 6.45) is 3.20. The third-order valence-electron chi connectivity index (χ3n) is 1.29.